The van der Waals surface area contributed by atoms with E-state index in [2.05, 4.69) is 6.92 Å². The quantitative estimate of drug-likeness (QED) is 0.863. The van der Waals surface area contributed by atoms with Gasteiger partial charge in [-0.25, -0.2) is 0 Å². The SMILES string of the molecule is CCS[C@@H]1CCCCN(C(=O)c2cc(=O)c3ccccc3o2)C1. The highest BCUT2D eigenvalue weighted by Gasteiger charge is 2.25. The fraction of sp³-hybridized carbons (Fsp3) is 0.444. The van der Waals surface area contributed by atoms with Crippen molar-refractivity contribution >= 4 is 28.6 Å². The van der Waals surface area contributed by atoms with Crippen molar-refractivity contribution in [3.8, 4) is 0 Å². The lowest BCUT2D eigenvalue weighted by molar-refractivity contribution is 0.0732. The van der Waals surface area contributed by atoms with Gasteiger partial charge in [-0.15, -0.1) is 0 Å². The van der Waals surface area contributed by atoms with Gasteiger partial charge in [-0.05, 0) is 30.7 Å². The van der Waals surface area contributed by atoms with Crippen LogP contribution in [0, 0.1) is 0 Å². The lowest BCUT2D eigenvalue weighted by atomic mass is 10.2. The summed E-state index contributed by atoms with van der Waals surface area (Å²) in [5.74, 6) is 1.03. The zero-order chi connectivity index (χ0) is 16.2. The highest BCUT2D eigenvalue weighted by atomic mass is 32.2. The molecule has 1 aliphatic rings. The van der Waals surface area contributed by atoms with Gasteiger partial charge in [0.2, 0.25) is 0 Å². The van der Waals surface area contributed by atoms with Crippen LogP contribution in [0.15, 0.2) is 39.5 Å². The van der Waals surface area contributed by atoms with E-state index in [1.165, 1.54) is 6.07 Å². The van der Waals surface area contributed by atoms with Crippen LogP contribution in [0.3, 0.4) is 0 Å². The van der Waals surface area contributed by atoms with Crippen molar-refractivity contribution in [2.24, 2.45) is 0 Å². The van der Waals surface area contributed by atoms with Crippen molar-refractivity contribution in [3.63, 3.8) is 0 Å². The number of fused-ring (bicyclic) bond motifs is 1. The molecule has 1 aromatic carbocycles. The van der Waals surface area contributed by atoms with E-state index in [4.69, 9.17) is 4.42 Å². The minimum absolute atomic E-state index is 0.149. The van der Waals surface area contributed by atoms with Crippen LogP contribution in [0.5, 0.6) is 0 Å². The molecule has 0 saturated carbocycles. The van der Waals surface area contributed by atoms with Gasteiger partial charge in [0.25, 0.3) is 5.91 Å². The third-order valence-electron chi connectivity index (χ3n) is 4.16. The molecule has 0 bridgehead atoms. The van der Waals surface area contributed by atoms with Crippen LogP contribution in [0.4, 0.5) is 0 Å². The highest BCUT2D eigenvalue weighted by Crippen LogP contribution is 2.23. The van der Waals surface area contributed by atoms with Gasteiger partial charge in [-0.1, -0.05) is 25.5 Å². The Bertz CT molecular complexity index is 755. The Morgan fingerprint density at radius 2 is 2.17 bits per heavy atom. The molecule has 4 nitrogen and oxygen atoms in total. The molecule has 0 radical (unpaired) electrons. The molecule has 0 spiro atoms. The Morgan fingerprint density at radius 1 is 1.35 bits per heavy atom. The van der Waals surface area contributed by atoms with Gasteiger partial charge in [0, 0.05) is 24.4 Å². The van der Waals surface area contributed by atoms with Crippen LogP contribution in [0.1, 0.15) is 36.7 Å². The van der Waals surface area contributed by atoms with Gasteiger partial charge in [0.05, 0.1) is 5.39 Å². The van der Waals surface area contributed by atoms with E-state index < -0.39 is 0 Å². The number of para-hydroxylation sites is 1. The molecule has 5 heteroatoms. The number of likely N-dealkylation sites (tertiary alicyclic amines) is 1. The molecule has 2 heterocycles. The molecule has 122 valence electrons. The Labute approximate surface area is 139 Å². The molecule has 0 N–H and O–H groups in total. The van der Waals surface area contributed by atoms with Gasteiger partial charge in [-0.3, -0.25) is 9.59 Å². The average molecular weight is 331 g/mol. The second kappa shape index (κ2) is 7.21. The molecule has 0 unspecified atom stereocenters. The fourth-order valence-corrected chi connectivity index (χ4v) is 4.11. The molecule has 1 aliphatic heterocycles. The van der Waals surface area contributed by atoms with Crippen LogP contribution in [-0.2, 0) is 0 Å². The van der Waals surface area contributed by atoms with Gasteiger partial charge in [0.15, 0.2) is 11.2 Å². The van der Waals surface area contributed by atoms with E-state index in [1.54, 1.807) is 24.3 Å². The summed E-state index contributed by atoms with van der Waals surface area (Å²) in [7, 11) is 0. The first kappa shape index (κ1) is 16.1. The number of benzene rings is 1. The molecule has 1 saturated heterocycles. The maximum Gasteiger partial charge on any atom is 0.289 e. The molecular formula is C18H21NO3S. The summed E-state index contributed by atoms with van der Waals surface area (Å²) in [6, 6.07) is 8.37. The maximum absolute atomic E-state index is 12.8. The summed E-state index contributed by atoms with van der Waals surface area (Å²) in [6.45, 7) is 3.61. The van der Waals surface area contributed by atoms with Crippen molar-refractivity contribution in [2.75, 3.05) is 18.8 Å². The van der Waals surface area contributed by atoms with Crippen molar-refractivity contribution < 1.29 is 9.21 Å². The van der Waals surface area contributed by atoms with Crippen LogP contribution in [-0.4, -0.2) is 34.9 Å². The van der Waals surface area contributed by atoms with E-state index >= 15 is 0 Å². The molecule has 2 aromatic rings. The molecular weight excluding hydrogens is 310 g/mol. The number of amides is 1. The monoisotopic (exact) mass is 331 g/mol. The van der Waals surface area contributed by atoms with Crippen LogP contribution < -0.4 is 5.43 Å². The van der Waals surface area contributed by atoms with Crippen molar-refractivity contribution in [1.82, 2.24) is 4.90 Å². The summed E-state index contributed by atoms with van der Waals surface area (Å²) in [6.07, 6.45) is 3.29. The second-order valence-electron chi connectivity index (χ2n) is 5.80. The number of nitrogens with zero attached hydrogens (tertiary/aromatic N) is 1. The molecule has 1 atom stereocenters. The van der Waals surface area contributed by atoms with E-state index in [9.17, 15) is 9.59 Å². The maximum atomic E-state index is 12.8. The topological polar surface area (TPSA) is 50.5 Å². The molecule has 1 fully saturated rings. The van der Waals surface area contributed by atoms with Gasteiger partial charge in [0.1, 0.15) is 5.58 Å². The van der Waals surface area contributed by atoms with Crippen molar-refractivity contribution in [2.45, 2.75) is 31.4 Å². The Kier molecular flexibility index (Phi) is 5.06. The van der Waals surface area contributed by atoms with Crippen molar-refractivity contribution in [3.05, 3.63) is 46.3 Å². The van der Waals surface area contributed by atoms with Crippen molar-refractivity contribution in [1.29, 1.82) is 0 Å². The Balaban J connectivity index is 1.88. The average Bonchev–Trinajstić information content (AvgIpc) is 2.80. The lowest BCUT2D eigenvalue weighted by Crippen LogP contribution is -2.36. The normalized spacial score (nSPS) is 18.8. The Morgan fingerprint density at radius 3 is 3.00 bits per heavy atom. The zero-order valence-electron chi connectivity index (χ0n) is 13.3. The summed E-state index contributed by atoms with van der Waals surface area (Å²) in [5.41, 5.74) is 0.308. The minimum atomic E-state index is -0.170. The molecule has 23 heavy (non-hydrogen) atoms. The number of carbonyl (C=O) groups is 1. The molecule has 3 rings (SSSR count). The third kappa shape index (κ3) is 3.61. The van der Waals surface area contributed by atoms with E-state index in [1.807, 2.05) is 16.7 Å². The third-order valence-corrected chi connectivity index (χ3v) is 5.35. The molecule has 1 amide bonds. The largest absolute Gasteiger partial charge is 0.451 e. The number of hydrogen-bond donors (Lipinski definition) is 0. The van der Waals surface area contributed by atoms with Gasteiger partial charge >= 0.3 is 0 Å². The predicted octanol–water partition coefficient (Wildman–Crippen LogP) is 3.54. The minimum Gasteiger partial charge on any atom is -0.451 e. The van der Waals surface area contributed by atoms with E-state index in [-0.39, 0.29) is 17.1 Å². The summed E-state index contributed by atoms with van der Waals surface area (Å²) < 4.78 is 5.70. The second-order valence-corrected chi connectivity index (χ2v) is 7.37. The lowest BCUT2D eigenvalue weighted by Gasteiger charge is -2.23. The van der Waals surface area contributed by atoms with E-state index in [0.717, 1.165) is 38.1 Å². The van der Waals surface area contributed by atoms with E-state index in [0.29, 0.717) is 16.2 Å². The number of thioether (sulfide) groups is 1. The fourth-order valence-electron chi connectivity index (χ4n) is 3.02. The standard InChI is InChI=1S/C18H21NO3S/c1-2-23-13-7-5-6-10-19(12-13)18(21)17-11-15(20)14-8-3-4-9-16(14)22-17/h3-4,8-9,11,13H,2,5-7,10,12H2,1H3/t13-/m1/s1. The van der Waals surface area contributed by atoms with Gasteiger partial charge in [-0.2, -0.15) is 11.8 Å². The summed E-state index contributed by atoms with van der Waals surface area (Å²) in [4.78, 5) is 26.8. The van der Waals surface area contributed by atoms with Crippen LogP contribution in [0.2, 0.25) is 0 Å². The number of hydrogen-bond acceptors (Lipinski definition) is 4. The summed E-state index contributed by atoms with van der Waals surface area (Å²) in [5, 5.41) is 0.984. The van der Waals surface area contributed by atoms with Crippen LogP contribution >= 0.6 is 11.8 Å². The van der Waals surface area contributed by atoms with Crippen LogP contribution in [0.25, 0.3) is 11.0 Å². The Hall–Kier alpha value is -1.75. The molecule has 0 aliphatic carbocycles. The van der Waals surface area contributed by atoms with Gasteiger partial charge < -0.3 is 9.32 Å². The predicted molar refractivity (Wildman–Crippen MR) is 94.2 cm³/mol. The zero-order valence-corrected chi connectivity index (χ0v) is 14.1. The highest BCUT2D eigenvalue weighted by molar-refractivity contribution is 7.99. The first-order chi connectivity index (χ1) is 11.2. The first-order valence-corrected chi connectivity index (χ1v) is 9.17. The summed E-state index contributed by atoms with van der Waals surface area (Å²) >= 11 is 1.90. The smallest absolute Gasteiger partial charge is 0.289 e. The number of rotatable bonds is 3. The molecule has 1 aromatic heterocycles. The number of carbonyl (C=O) groups excluding carboxylic acids is 1. The first-order valence-electron chi connectivity index (χ1n) is 8.13.